The summed E-state index contributed by atoms with van der Waals surface area (Å²) in [5, 5.41) is 2.81. The second-order valence-electron chi connectivity index (χ2n) is 11.9. The molecule has 2 nitrogen and oxygen atoms in total. The highest BCUT2D eigenvalue weighted by Crippen LogP contribution is 2.68. The summed E-state index contributed by atoms with van der Waals surface area (Å²) < 4.78 is -1.31. The molecule has 172 valence electrons. The largest absolute Gasteiger partial charge is 0.354 e. The van der Waals surface area contributed by atoms with Crippen LogP contribution in [0.15, 0.2) is 0 Å². The number of hydrogen-bond acceptors (Lipinski definition) is 1. The zero-order valence-electron chi connectivity index (χ0n) is 19.6. The van der Waals surface area contributed by atoms with Crippen LogP contribution in [-0.4, -0.2) is 16.8 Å². The van der Waals surface area contributed by atoms with Crippen molar-refractivity contribution in [1.29, 1.82) is 0 Å². The van der Waals surface area contributed by atoms with E-state index < -0.39 is 4.33 Å². The van der Waals surface area contributed by atoms with Gasteiger partial charge in [-0.3, -0.25) is 4.79 Å². The van der Waals surface area contributed by atoms with Gasteiger partial charge in [-0.05, 0) is 111 Å². The normalized spacial score (nSPS) is 44.5. The maximum Gasteiger partial charge on any atom is 0.256 e. The van der Waals surface area contributed by atoms with Crippen LogP contribution in [0.3, 0.4) is 0 Å². The van der Waals surface area contributed by atoms with Gasteiger partial charge >= 0.3 is 0 Å². The van der Waals surface area contributed by atoms with Crippen molar-refractivity contribution in [1.82, 2.24) is 5.32 Å². The van der Waals surface area contributed by atoms with Gasteiger partial charge in [0.25, 0.3) is 5.91 Å². The fraction of sp³-hybridized carbons (Fsp3) is 0.962. The highest BCUT2D eigenvalue weighted by atomic mass is 35.5. The van der Waals surface area contributed by atoms with Gasteiger partial charge in [0, 0.05) is 6.54 Å². The lowest BCUT2D eigenvalue weighted by Gasteiger charge is -2.61. The molecule has 4 heteroatoms. The quantitative estimate of drug-likeness (QED) is 0.430. The summed E-state index contributed by atoms with van der Waals surface area (Å²) in [4.78, 5) is 12.4. The first-order chi connectivity index (χ1) is 14.1. The number of alkyl halides is 2. The molecule has 30 heavy (non-hydrogen) atoms. The Balaban J connectivity index is 1.49. The lowest BCUT2D eigenvalue weighted by atomic mass is 9.44. The number of hydrogen-bond donors (Lipinski definition) is 1. The van der Waals surface area contributed by atoms with E-state index in [0.29, 0.717) is 35.6 Å². The highest BCUT2D eigenvalue weighted by molar-refractivity contribution is 6.58. The minimum absolute atomic E-state index is 0.230. The molecule has 0 radical (unpaired) electrons. The molecule has 0 aromatic heterocycles. The molecule has 4 fully saturated rings. The molecule has 0 aromatic rings. The molecule has 1 N–H and O–H groups in total. The van der Waals surface area contributed by atoms with E-state index in [1.54, 1.807) is 0 Å². The second-order valence-corrected chi connectivity index (χ2v) is 13.4. The highest BCUT2D eigenvalue weighted by Gasteiger charge is 2.60. The van der Waals surface area contributed by atoms with Gasteiger partial charge in [0.1, 0.15) is 0 Å². The zero-order chi connectivity index (χ0) is 21.7. The number of fused-ring (bicyclic) bond motifs is 5. The summed E-state index contributed by atoms with van der Waals surface area (Å²) in [7, 11) is 0. The van der Waals surface area contributed by atoms with Crippen LogP contribution in [0.5, 0.6) is 0 Å². The van der Waals surface area contributed by atoms with Gasteiger partial charge in [-0.1, -0.05) is 56.8 Å². The molecule has 4 saturated carbocycles. The third-order valence-electron chi connectivity index (χ3n) is 10.6. The lowest BCUT2D eigenvalue weighted by Crippen LogP contribution is -2.53. The third-order valence-corrected chi connectivity index (χ3v) is 11.2. The minimum atomic E-state index is -1.31. The van der Waals surface area contributed by atoms with Crippen LogP contribution in [-0.2, 0) is 4.79 Å². The minimum Gasteiger partial charge on any atom is -0.354 e. The standard InChI is InChI=1S/C26H43Cl2NO/c1-5-29-23(30)26(27,28)16-17(2)20-11-12-21-19-10-9-18-8-6-7-14-24(18,3)22(19)13-15-25(20,21)4/h17-22H,5-16H2,1-4H3,(H,29,30)/t17-,18?,19+,20-,21+,22+,24+,25-/m1/s1. The smallest absolute Gasteiger partial charge is 0.256 e. The maximum atomic E-state index is 12.4. The number of carbonyl (C=O) groups excluding carboxylic acids is 1. The molecule has 0 spiro atoms. The number of carbonyl (C=O) groups is 1. The summed E-state index contributed by atoms with van der Waals surface area (Å²) in [6, 6.07) is 0. The molecule has 0 heterocycles. The van der Waals surface area contributed by atoms with Crippen LogP contribution in [0.1, 0.15) is 98.3 Å². The van der Waals surface area contributed by atoms with Crippen molar-refractivity contribution in [2.24, 2.45) is 46.3 Å². The van der Waals surface area contributed by atoms with Crippen LogP contribution in [0.25, 0.3) is 0 Å². The molecule has 1 amide bonds. The van der Waals surface area contributed by atoms with E-state index in [1.165, 1.54) is 64.2 Å². The van der Waals surface area contributed by atoms with Gasteiger partial charge in [0.05, 0.1) is 0 Å². The van der Waals surface area contributed by atoms with Crippen molar-refractivity contribution in [3.8, 4) is 0 Å². The number of nitrogens with one attached hydrogen (secondary N) is 1. The molecule has 4 aliphatic carbocycles. The average molecular weight is 457 g/mol. The van der Waals surface area contributed by atoms with E-state index in [1.807, 2.05) is 6.92 Å². The molecule has 4 aliphatic rings. The maximum absolute atomic E-state index is 12.4. The summed E-state index contributed by atoms with van der Waals surface area (Å²) in [5.74, 6) is 4.47. The molecule has 0 aromatic carbocycles. The van der Waals surface area contributed by atoms with Crippen LogP contribution >= 0.6 is 23.2 Å². The fourth-order valence-electron chi connectivity index (χ4n) is 9.20. The van der Waals surface area contributed by atoms with Crippen LogP contribution in [0, 0.1) is 46.3 Å². The van der Waals surface area contributed by atoms with Crippen molar-refractivity contribution < 1.29 is 4.79 Å². The first-order valence-electron chi connectivity index (χ1n) is 12.8. The van der Waals surface area contributed by atoms with E-state index >= 15 is 0 Å². The van der Waals surface area contributed by atoms with Crippen molar-refractivity contribution in [3.63, 3.8) is 0 Å². The monoisotopic (exact) mass is 455 g/mol. The van der Waals surface area contributed by atoms with Crippen LogP contribution < -0.4 is 5.32 Å². The molecule has 1 unspecified atom stereocenters. The molecular formula is C26H43Cl2NO. The van der Waals surface area contributed by atoms with Crippen molar-refractivity contribution >= 4 is 29.1 Å². The average Bonchev–Trinajstić information content (AvgIpc) is 3.04. The van der Waals surface area contributed by atoms with Gasteiger partial charge in [-0.2, -0.15) is 0 Å². The van der Waals surface area contributed by atoms with Crippen molar-refractivity contribution in [3.05, 3.63) is 0 Å². The SMILES string of the molecule is CCNC(=O)C(Cl)(Cl)C[C@@H](C)[C@H]1CC[C@H]2[C@@H]3CCC4CCCC[C@]4(C)[C@H]3CC[C@]12C. The van der Waals surface area contributed by atoms with Gasteiger partial charge < -0.3 is 5.32 Å². The molecule has 0 aliphatic heterocycles. The van der Waals surface area contributed by atoms with E-state index in [9.17, 15) is 4.79 Å². The summed E-state index contributed by atoms with van der Waals surface area (Å²) in [5.41, 5.74) is 0.995. The lowest BCUT2D eigenvalue weighted by molar-refractivity contribution is -0.123. The van der Waals surface area contributed by atoms with E-state index in [0.717, 1.165) is 23.7 Å². The van der Waals surface area contributed by atoms with Crippen molar-refractivity contribution in [2.45, 2.75) is 103 Å². The predicted molar refractivity (Wildman–Crippen MR) is 127 cm³/mol. The Morgan fingerprint density at radius 2 is 1.73 bits per heavy atom. The van der Waals surface area contributed by atoms with E-state index in [-0.39, 0.29) is 5.91 Å². The van der Waals surface area contributed by atoms with E-state index in [2.05, 4.69) is 26.1 Å². The summed E-state index contributed by atoms with van der Waals surface area (Å²) in [6.45, 7) is 10.0. The molecular weight excluding hydrogens is 413 g/mol. The second kappa shape index (κ2) is 8.44. The summed E-state index contributed by atoms with van der Waals surface area (Å²) >= 11 is 13.0. The van der Waals surface area contributed by atoms with Gasteiger partial charge in [0.15, 0.2) is 4.33 Å². The molecule has 0 saturated heterocycles. The van der Waals surface area contributed by atoms with Gasteiger partial charge in [-0.15, -0.1) is 0 Å². The predicted octanol–water partition coefficient (Wildman–Crippen LogP) is 7.37. The number of amides is 1. The number of rotatable bonds is 5. The Morgan fingerprint density at radius 3 is 2.47 bits per heavy atom. The fourth-order valence-corrected chi connectivity index (χ4v) is 9.82. The topological polar surface area (TPSA) is 29.1 Å². The first-order valence-corrected chi connectivity index (χ1v) is 13.5. The molecule has 8 atom stereocenters. The van der Waals surface area contributed by atoms with Crippen LogP contribution in [0.4, 0.5) is 0 Å². The zero-order valence-corrected chi connectivity index (χ0v) is 21.1. The third kappa shape index (κ3) is 3.74. The van der Waals surface area contributed by atoms with Crippen molar-refractivity contribution in [2.75, 3.05) is 6.54 Å². The Kier molecular flexibility index (Phi) is 6.53. The first kappa shape index (κ1) is 23.2. The van der Waals surface area contributed by atoms with Crippen LogP contribution in [0.2, 0.25) is 0 Å². The Hall–Kier alpha value is 0.0500. The Labute approximate surface area is 194 Å². The molecule has 0 bridgehead atoms. The Bertz CT molecular complexity index is 651. The summed E-state index contributed by atoms with van der Waals surface area (Å²) in [6.07, 6.45) is 14.8. The van der Waals surface area contributed by atoms with Gasteiger partial charge in [-0.25, -0.2) is 0 Å². The Morgan fingerprint density at radius 1 is 1.00 bits per heavy atom. The molecule has 4 rings (SSSR count). The van der Waals surface area contributed by atoms with E-state index in [4.69, 9.17) is 23.2 Å². The van der Waals surface area contributed by atoms with Gasteiger partial charge in [0.2, 0.25) is 0 Å². The number of halogens is 2.